The predicted molar refractivity (Wildman–Crippen MR) is 76.3 cm³/mol. The molecule has 0 aliphatic heterocycles. The quantitative estimate of drug-likeness (QED) is 0.868. The number of amides is 1. The van der Waals surface area contributed by atoms with Gasteiger partial charge in [-0.15, -0.1) is 0 Å². The zero-order valence-corrected chi connectivity index (χ0v) is 12.5. The molecule has 2 aromatic rings. The molecule has 1 amide bonds. The lowest BCUT2D eigenvalue weighted by atomic mass is 10.1. The SMILES string of the molecule is CC(NC(=O)c1cc(F)ccc1Br)c1ccc(F)cc1F. The van der Waals surface area contributed by atoms with Crippen molar-refractivity contribution in [3.63, 3.8) is 0 Å². The Morgan fingerprint density at radius 1 is 1.10 bits per heavy atom. The van der Waals surface area contributed by atoms with Crippen molar-refractivity contribution in [3.05, 3.63) is 69.4 Å². The van der Waals surface area contributed by atoms with Gasteiger partial charge < -0.3 is 5.32 Å². The van der Waals surface area contributed by atoms with Gasteiger partial charge in [0, 0.05) is 16.1 Å². The Labute approximate surface area is 128 Å². The molecular weight excluding hydrogens is 347 g/mol. The minimum absolute atomic E-state index is 0.101. The molecule has 1 unspecified atom stereocenters. The van der Waals surface area contributed by atoms with Crippen LogP contribution in [-0.4, -0.2) is 5.91 Å². The largest absolute Gasteiger partial charge is 0.345 e. The van der Waals surface area contributed by atoms with Crippen LogP contribution in [0, 0.1) is 17.5 Å². The van der Waals surface area contributed by atoms with E-state index in [1.54, 1.807) is 6.92 Å². The highest BCUT2D eigenvalue weighted by Crippen LogP contribution is 2.21. The van der Waals surface area contributed by atoms with Crippen molar-refractivity contribution in [2.24, 2.45) is 0 Å². The van der Waals surface area contributed by atoms with Crippen molar-refractivity contribution in [2.75, 3.05) is 0 Å². The summed E-state index contributed by atoms with van der Waals surface area (Å²) in [6.07, 6.45) is 0. The van der Waals surface area contributed by atoms with E-state index < -0.39 is 29.4 Å². The van der Waals surface area contributed by atoms with Crippen LogP contribution in [0.25, 0.3) is 0 Å². The second-order valence-electron chi connectivity index (χ2n) is 4.49. The van der Waals surface area contributed by atoms with E-state index in [0.29, 0.717) is 4.47 Å². The number of halogens is 4. The van der Waals surface area contributed by atoms with Crippen LogP contribution in [0.15, 0.2) is 40.9 Å². The summed E-state index contributed by atoms with van der Waals surface area (Å²) in [5.41, 5.74) is 0.252. The number of hydrogen-bond acceptors (Lipinski definition) is 1. The lowest BCUT2D eigenvalue weighted by Crippen LogP contribution is -2.27. The molecule has 0 aliphatic carbocycles. The molecule has 2 nitrogen and oxygen atoms in total. The first-order chi connectivity index (χ1) is 9.88. The van der Waals surface area contributed by atoms with Crippen LogP contribution in [0.1, 0.15) is 28.9 Å². The summed E-state index contributed by atoms with van der Waals surface area (Å²) in [6.45, 7) is 1.56. The molecule has 0 heterocycles. The molecule has 0 radical (unpaired) electrons. The van der Waals surface area contributed by atoms with Gasteiger partial charge in [0.2, 0.25) is 0 Å². The molecule has 1 atom stereocenters. The van der Waals surface area contributed by atoms with Crippen molar-refractivity contribution in [1.82, 2.24) is 5.32 Å². The topological polar surface area (TPSA) is 29.1 Å². The third kappa shape index (κ3) is 3.64. The second-order valence-corrected chi connectivity index (χ2v) is 5.34. The van der Waals surface area contributed by atoms with Gasteiger partial charge in [0.15, 0.2) is 0 Å². The fourth-order valence-electron chi connectivity index (χ4n) is 1.88. The Hall–Kier alpha value is -1.82. The van der Waals surface area contributed by atoms with Crippen LogP contribution in [0.3, 0.4) is 0 Å². The van der Waals surface area contributed by atoms with Crippen molar-refractivity contribution in [3.8, 4) is 0 Å². The van der Waals surface area contributed by atoms with Crippen molar-refractivity contribution in [1.29, 1.82) is 0 Å². The lowest BCUT2D eigenvalue weighted by Gasteiger charge is -2.16. The Kier molecular flexibility index (Phi) is 4.67. The van der Waals surface area contributed by atoms with Crippen LogP contribution in [0.2, 0.25) is 0 Å². The first-order valence-corrected chi connectivity index (χ1v) is 6.88. The highest BCUT2D eigenvalue weighted by Gasteiger charge is 2.17. The molecule has 0 bridgehead atoms. The monoisotopic (exact) mass is 357 g/mol. The van der Waals surface area contributed by atoms with E-state index in [0.717, 1.165) is 18.2 Å². The molecule has 2 aromatic carbocycles. The van der Waals surface area contributed by atoms with Crippen molar-refractivity contribution >= 4 is 21.8 Å². The molecule has 0 spiro atoms. The Morgan fingerprint density at radius 3 is 2.38 bits per heavy atom. The van der Waals surface area contributed by atoms with Crippen molar-refractivity contribution in [2.45, 2.75) is 13.0 Å². The van der Waals surface area contributed by atoms with Gasteiger partial charge in [0.05, 0.1) is 11.6 Å². The molecule has 0 fully saturated rings. The Bertz CT molecular complexity index is 691. The van der Waals surface area contributed by atoms with Gasteiger partial charge in [-0.1, -0.05) is 6.07 Å². The first-order valence-electron chi connectivity index (χ1n) is 6.09. The average Bonchev–Trinajstić information content (AvgIpc) is 2.41. The fourth-order valence-corrected chi connectivity index (χ4v) is 2.30. The summed E-state index contributed by atoms with van der Waals surface area (Å²) in [7, 11) is 0. The van der Waals surface area contributed by atoms with Crippen LogP contribution >= 0.6 is 15.9 Å². The molecule has 0 saturated carbocycles. The molecule has 2 rings (SSSR count). The van der Waals surface area contributed by atoms with Crippen LogP contribution < -0.4 is 5.32 Å². The molecule has 21 heavy (non-hydrogen) atoms. The number of hydrogen-bond donors (Lipinski definition) is 1. The van der Waals surface area contributed by atoms with Gasteiger partial charge in [-0.3, -0.25) is 4.79 Å². The average molecular weight is 358 g/mol. The summed E-state index contributed by atoms with van der Waals surface area (Å²) >= 11 is 3.15. The predicted octanol–water partition coefficient (Wildman–Crippen LogP) is 4.36. The molecule has 0 saturated heterocycles. The van der Waals surface area contributed by atoms with Gasteiger partial charge in [0.25, 0.3) is 5.91 Å². The van der Waals surface area contributed by atoms with E-state index in [2.05, 4.69) is 21.2 Å². The molecule has 110 valence electrons. The summed E-state index contributed by atoms with van der Waals surface area (Å²) in [5.74, 6) is -2.55. The van der Waals surface area contributed by atoms with Gasteiger partial charge in [-0.2, -0.15) is 0 Å². The molecule has 1 N–H and O–H groups in total. The van der Waals surface area contributed by atoms with E-state index >= 15 is 0 Å². The highest BCUT2D eigenvalue weighted by molar-refractivity contribution is 9.10. The zero-order valence-electron chi connectivity index (χ0n) is 11.0. The first kappa shape index (κ1) is 15.6. The normalized spacial score (nSPS) is 12.0. The standard InChI is InChI=1S/C15H11BrF3NO/c1-8(11-4-2-10(18)7-14(11)19)20-15(21)12-6-9(17)3-5-13(12)16/h2-8H,1H3,(H,20,21). The smallest absolute Gasteiger partial charge is 0.253 e. The molecule has 0 aliphatic rings. The minimum atomic E-state index is -0.749. The maximum atomic E-state index is 13.6. The van der Waals surface area contributed by atoms with Gasteiger partial charge >= 0.3 is 0 Å². The second kappa shape index (κ2) is 6.30. The highest BCUT2D eigenvalue weighted by atomic mass is 79.9. The fraction of sp³-hybridized carbons (Fsp3) is 0.133. The number of benzene rings is 2. The summed E-state index contributed by atoms with van der Waals surface area (Å²) in [5, 5.41) is 2.54. The van der Waals surface area contributed by atoms with Crippen LogP contribution in [0.5, 0.6) is 0 Å². The van der Waals surface area contributed by atoms with E-state index in [9.17, 15) is 18.0 Å². The van der Waals surface area contributed by atoms with Crippen molar-refractivity contribution < 1.29 is 18.0 Å². The maximum absolute atomic E-state index is 13.6. The number of carbonyl (C=O) groups excluding carboxylic acids is 1. The van der Waals surface area contributed by atoms with Crippen LogP contribution in [0.4, 0.5) is 13.2 Å². The zero-order chi connectivity index (χ0) is 15.6. The number of carbonyl (C=O) groups is 1. The minimum Gasteiger partial charge on any atom is -0.345 e. The maximum Gasteiger partial charge on any atom is 0.253 e. The van der Waals surface area contributed by atoms with E-state index in [4.69, 9.17) is 0 Å². The van der Waals surface area contributed by atoms with E-state index in [1.807, 2.05) is 0 Å². The number of rotatable bonds is 3. The summed E-state index contributed by atoms with van der Waals surface area (Å²) in [4.78, 5) is 12.1. The Balaban J connectivity index is 2.20. The molecule has 0 aromatic heterocycles. The van der Waals surface area contributed by atoms with Gasteiger partial charge in [0.1, 0.15) is 17.5 Å². The van der Waals surface area contributed by atoms with E-state index in [-0.39, 0.29) is 11.1 Å². The molecular formula is C15H11BrF3NO. The summed E-state index contributed by atoms with van der Waals surface area (Å²) < 4.78 is 40.1. The summed E-state index contributed by atoms with van der Waals surface area (Å²) in [6, 6.07) is 6.13. The third-order valence-electron chi connectivity index (χ3n) is 2.95. The lowest BCUT2D eigenvalue weighted by molar-refractivity contribution is 0.0938. The number of nitrogens with one attached hydrogen (secondary N) is 1. The third-order valence-corrected chi connectivity index (χ3v) is 3.64. The van der Waals surface area contributed by atoms with Gasteiger partial charge in [-0.25, -0.2) is 13.2 Å². The molecule has 6 heteroatoms. The van der Waals surface area contributed by atoms with Gasteiger partial charge in [-0.05, 0) is 47.1 Å². The Morgan fingerprint density at radius 2 is 1.71 bits per heavy atom. The van der Waals surface area contributed by atoms with E-state index in [1.165, 1.54) is 18.2 Å². The van der Waals surface area contributed by atoms with Crippen LogP contribution in [-0.2, 0) is 0 Å².